The fraction of sp³-hybridized carbons (Fsp3) is 0.588. The van der Waals surface area contributed by atoms with Gasteiger partial charge < -0.3 is 19.7 Å². The van der Waals surface area contributed by atoms with Gasteiger partial charge in [-0.05, 0) is 33.8 Å². The second kappa shape index (κ2) is 8.03. The van der Waals surface area contributed by atoms with Gasteiger partial charge in [0.1, 0.15) is 11.4 Å². The van der Waals surface area contributed by atoms with Gasteiger partial charge in [0.15, 0.2) is 0 Å². The zero-order chi connectivity index (χ0) is 16.8. The molecule has 0 aliphatic rings. The lowest BCUT2D eigenvalue weighted by Gasteiger charge is -2.25. The third-order valence-corrected chi connectivity index (χ3v) is 3.21. The number of ether oxygens (including phenoxy) is 2. The van der Waals surface area contributed by atoms with Crippen LogP contribution in [-0.2, 0) is 4.74 Å². The third-order valence-electron chi connectivity index (χ3n) is 3.21. The monoisotopic (exact) mass is 308 g/mol. The predicted molar refractivity (Wildman–Crippen MR) is 88.3 cm³/mol. The molecule has 1 aromatic rings. The summed E-state index contributed by atoms with van der Waals surface area (Å²) in [6, 6.07) is 8.06. The number of para-hydroxylation sites is 1. The Hall–Kier alpha value is -1.75. The van der Waals surface area contributed by atoms with E-state index in [0.29, 0.717) is 13.1 Å². The zero-order valence-corrected chi connectivity index (χ0v) is 14.5. The number of nitrogens with one attached hydrogen (secondary N) is 1. The lowest BCUT2D eigenvalue weighted by atomic mass is 10.1. The topological polar surface area (TPSA) is 50.8 Å². The summed E-state index contributed by atoms with van der Waals surface area (Å²) in [7, 11) is 3.41. The van der Waals surface area contributed by atoms with Crippen molar-refractivity contribution in [1.82, 2.24) is 10.2 Å². The molecular weight excluding hydrogens is 280 g/mol. The van der Waals surface area contributed by atoms with Crippen molar-refractivity contribution in [3.8, 4) is 5.75 Å². The number of likely N-dealkylation sites (N-methyl/N-ethyl adjacent to an activating group) is 1. The molecule has 124 valence electrons. The summed E-state index contributed by atoms with van der Waals surface area (Å²) in [5, 5.41) is 3.39. The molecule has 1 aromatic carbocycles. The van der Waals surface area contributed by atoms with E-state index in [1.165, 1.54) is 0 Å². The SMILES string of the molecule is COc1ccccc1C(C)NCCN(C)C(=O)OC(C)(C)C. The van der Waals surface area contributed by atoms with Crippen LogP contribution in [0.3, 0.4) is 0 Å². The molecule has 0 spiro atoms. The zero-order valence-electron chi connectivity index (χ0n) is 14.5. The van der Waals surface area contributed by atoms with E-state index >= 15 is 0 Å². The van der Waals surface area contributed by atoms with Gasteiger partial charge in [0, 0.05) is 31.7 Å². The first-order valence-corrected chi connectivity index (χ1v) is 7.55. The average Bonchev–Trinajstić information content (AvgIpc) is 2.45. The molecule has 5 heteroatoms. The Kier molecular flexibility index (Phi) is 6.68. The molecule has 1 amide bonds. The lowest BCUT2D eigenvalue weighted by Crippen LogP contribution is -2.38. The maximum atomic E-state index is 11.9. The fourth-order valence-electron chi connectivity index (χ4n) is 2.01. The smallest absolute Gasteiger partial charge is 0.410 e. The van der Waals surface area contributed by atoms with E-state index in [2.05, 4.69) is 12.2 Å². The molecule has 0 aromatic heterocycles. The molecule has 0 aliphatic heterocycles. The second-order valence-corrected chi connectivity index (χ2v) is 6.32. The Morgan fingerprint density at radius 1 is 1.32 bits per heavy atom. The molecule has 0 saturated heterocycles. The third kappa shape index (κ3) is 5.93. The van der Waals surface area contributed by atoms with Crippen molar-refractivity contribution < 1.29 is 14.3 Å². The number of hydrogen-bond acceptors (Lipinski definition) is 4. The minimum absolute atomic E-state index is 0.142. The Labute approximate surface area is 133 Å². The van der Waals surface area contributed by atoms with Crippen LogP contribution in [0.5, 0.6) is 5.75 Å². The van der Waals surface area contributed by atoms with E-state index in [0.717, 1.165) is 11.3 Å². The van der Waals surface area contributed by atoms with Crippen molar-refractivity contribution in [2.24, 2.45) is 0 Å². The van der Waals surface area contributed by atoms with Crippen LogP contribution in [0.15, 0.2) is 24.3 Å². The molecule has 1 N–H and O–H groups in total. The maximum Gasteiger partial charge on any atom is 0.410 e. The Bertz CT molecular complexity index is 483. The molecule has 1 unspecified atom stereocenters. The number of nitrogens with zero attached hydrogens (tertiary/aromatic N) is 1. The highest BCUT2D eigenvalue weighted by molar-refractivity contribution is 5.67. The van der Waals surface area contributed by atoms with E-state index in [1.54, 1.807) is 19.1 Å². The van der Waals surface area contributed by atoms with Crippen LogP contribution in [0.1, 0.15) is 39.3 Å². The van der Waals surface area contributed by atoms with Crippen LogP contribution in [0.25, 0.3) is 0 Å². The molecular formula is C17H28N2O3. The summed E-state index contributed by atoms with van der Waals surface area (Å²) in [6.07, 6.45) is -0.306. The van der Waals surface area contributed by atoms with Gasteiger partial charge in [-0.3, -0.25) is 0 Å². The van der Waals surface area contributed by atoms with Crippen LogP contribution >= 0.6 is 0 Å². The van der Waals surface area contributed by atoms with Crippen LogP contribution in [0, 0.1) is 0 Å². The first-order chi connectivity index (χ1) is 10.2. The highest BCUT2D eigenvalue weighted by Crippen LogP contribution is 2.23. The maximum absolute atomic E-state index is 11.9. The van der Waals surface area contributed by atoms with Gasteiger partial charge in [0.05, 0.1) is 7.11 Å². The van der Waals surface area contributed by atoms with Crippen LogP contribution in [0.4, 0.5) is 4.79 Å². The van der Waals surface area contributed by atoms with Crippen LogP contribution in [-0.4, -0.2) is 43.8 Å². The van der Waals surface area contributed by atoms with Crippen molar-refractivity contribution in [2.75, 3.05) is 27.2 Å². The summed E-state index contributed by atoms with van der Waals surface area (Å²) in [5.74, 6) is 0.864. The van der Waals surface area contributed by atoms with Crippen molar-refractivity contribution in [3.63, 3.8) is 0 Å². The number of amides is 1. The fourth-order valence-corrected chi connectivity index (χ4v) is 2.01. The van der Waals surface area contributed by atoms with Crippen LogP contribution < -0.4 is 10.1 Å². The van der Waals surface area contributed by atoms with Crippen molar-refractivity contribution in [3.05, 3.63) is 29.8 Å². The highest BCUT2D eigenvalue weighted by Gasteiger charge is 2.19. The quantitative estimate of drug-likeness (QED) is 0.876. The molecule has 1 rings (SSSR count). The molecule has 0 fully saturated rings. The largest absolute Gasteiger partial charge is 0.496 e. The predicted octanol–water partition coefficient (Wildman–Crippen LogP) is 3.21. The molecule has 22 heavy (non-hydrogen) atoms. The number of carbonyl (C=O) groups is 1. The van der Waals surface area contributed by atoms with Gasteiger partial charge in [0.25, 0.3) is 0 Å². The summed E-state index contributed by atoms with van der Waals surface area (Å²) in [6.45, 7) is 8.91. The summed E-state index contributed by atoms with van der Waals surface area (Å²) in [4.78, 5) is 13.4. The molecule has 0 saturated carbocycles. The normalized spacial score (nSPS) is 12.6. The number of carbonyl (C=O) groups excluding carboxylic acids is 1. The molecule has 0 bridgehead atoms. The van der Waals surface area contributed by atoms with Gasteiger partial charge >= 0.3 is 6.09 Å². The summed E-state index contributed by atoms with van der Waals surface area (Å²) < 4.78 is 10.7. The van der Waals surface area contributed by atoms with Gasteiger partial charge in [-0.25, -0.2) is 4.79 Å². The highest BCUT2D eigenvalue weighted by atomic mass is 16.6. The van der Waals surface area contributed by atoms with Gasteiger partial charge in [-0.1, -0.05) is 18.2 Å². The first kappa shape index (κ1) is 18.3. The average molecular weight is 308 g/mol. The van der Waals surface area contributed by atoms with Gasteiger partial charge in [-0.15, -0.1) is 0 Å². The summed E-state index contributed by atoms with van der Waals surface area (Å²) >= 11 is 0. The Balaban J connectivity index is 2.45. The molecule has 5 nitrogen and oxygen atoms in total. The molecule has 0 radical (unpaired) electrons. The standard InChI is InChI=1S/C17H28N2O3/c1-13(14-9-7-8-10-15(14)21-6)18-11-12-19(5)16(20)22-17(2,3)4/h7-10,13,18H,11-12H2,1-6H3. The van der Waals surface area contributed by atoms with Crippen molar-refractivity contribution in [1.29, 1.82) is 0 Å². The Morgan fingerprint density at radius 3 is 2.55 bits per heavy atom. The Morgan fingerprint density at radius 2 is 1.95 bits per heavy atom. The van der Waals surface area contributed by atoms with Crippen molar-refractivity contribution in [2.45, 2.75) is 39.3 Å². The van der Waals surface area contributed by atoms with E-state index in [-0.39, 0.29) is 12.1 Å². The molecule has 1 atom stereocenters. The lowest BCUT2D eigenvalue weighted by molar-refractivity contribution is 0.0299. The van der Waals surface area contributed by atoms with E-state index in [1.807, 2.05) is 45.0 Å². The second-order valence-electron chi connectivity index (χ2n) is 6.32. The van der Waals surface area contributed by atoms with E-state index in [9.17, 15) is 4.79 Å². The molecule has 0 aliphatic carbocycles. The van der Waals surface area contributed by atoms with E-state index < -0.39 is 5.60 Å². The molecule has 0 heterocycles. The number of rotatable bonds is 6. The van der Waals surface area contributed by atoms with Crippen LogP contribution in [0.2, 0.25) is 0 Å². The summed E-state index contributed by atoms with van der Waals surface area (Å²) in [5.41, 5.74) is 0.633. The number of hydrogen-bond donors (Lipinski definition) is 1. The number of methoxy groups -OCH3 is 1. The first-order valence-electron chi connectivity index (χ1n) is 7.55. The van der Waals surface area contributed by atoms with E-state index in [4.69, 9.17) is 9.47 Å². The van der Waals surface area contributed by atoms with Gasteiger partial charge in [0.2, 0.25) is 0 Å². The van der Waals surface area contributed by atoms with Gasteiger partial charge in [-0.2, -0.15) is 0 Å². The van der Waals surface area contributed by atoms with Crippen molar-refractivity contribution >= 4 is 6.09 Å². The number of benzene rings is 1. The minimum atomic E-state index is -0.469. The minimum Gasteiger partial charge on any atom is -0.496 e.